The molecule has 102 valence electrons. The first-order valence-corrected chi connectivity index (χ1v) is 7.03. The zero-order valence-corrected chi connectivity index (χ0v) is 13.1. The molecule has 1 aromatic carbocycles. The zero-order valence-electron chi connectivity index (χ0n) is 10.7. The number of rotatable bonds is 6. The highest BCUT2D eigenvalue weighted by Crippen LogP contribution is 2.20. The summed E-state index contributed by atoms with van der Waals surface area (Å²) in [6.45, 7) is 6.79. The molecule has 19 heavy (non-hydrogen) atoms. The Hall–Kier alpha value is -1.40. The normalized spacial score (nSPS) is 10.2. The van der Waals surface area contributed by atoms with Gasteiger partial charge < -0.3 is 10.1 Å². The minimum atomic E-state index is 0.504. The molecule has 0 spiro atoms. The highest BCUT2D eigenvalue weighted by molar-refractivity contribution is 9.10. The van der Waals surface area contributed by atoms with Crippen LogP contribution in [-0.2, 0) is 0 Å². The van der Waals surface area contributed by atoms with Crippen molar-refractivity contribution in [1.82, 2.24) is 10.7 Å². The number of hydrazone groups is 1. The summed E-state index contributed by atoms with van der Waals surface area (Å²) >= 11 is 8.48. The van der Waals surface area contributed by atoms with E-state index in [2.05, 4.69) is 38.4 Å². The molecule has 0 heterocycles. The Morgan fingerprint density at radius 3 is 3.05 bits per heavy atom. The Morgan fingerprint density at radius 2 is 2.37 bits per heavy atom. The third kappa shape index (κ3) is 5.85. The number of hydrogen-bond donors (Lipinski definition) is 3. The summed E-state index contributed by atoms with van der Waals surface area (Å²) in [6.07, 6.45) is 3.52. The lowest BCUT2D eigenvalue weighted by molar-refractivity contribution is -0.500. The molecular weight excluding hydrogens is 326 g/mol. The van der Waals surface area contributed by atoms with Crippen LogP contribution in [-0.4, -0.2) is 24.5 Å². The molecule has 0 fully saturated rings. The van der Waals surface area contributed by atoms with Gasteiger partial charge in [0.25, 0.3) is 0 Å². The molecule has 0 amide bonds. The summed E-state index contributed by atoms with van der Waals surface area (Å²) in [4.78, 5) is 0. The maximum atomic E-state index is 5.53. The fraction of sp³-hybridized carbons (Fsp3) is 0.231. The lowest BCUT2D eigenvalue weighted by Crippen LogP contribution is -2.82. The van der Waals surface area contributed by atoms with Crippen molar-refractivity contribution in [3.05, 3.63) is 40.9 Å². The molecule has 0 saturated heterocycles. The van der Waals surface area contributed by atoms with Gasteiger partial charge in [0, 0.05) is 11.0 Å². The highest BCUT2D eigenvalue weighted by atomic mass is 79.9. The number of ether oxygens (including phenoxy) is 1. The van der Waals surface area contributed by atoms with E-state index in [-0.39, 0.29) is 0 Å². The molecule has 1 aromatic rings. The first-order valence-electron chi connectivity index (χ1n) is 5.83. The number of thiocarbonyl (C=S) groups is 1. The van der Waals surface area contributed by atoms with Crippen LogP contribution in [0.3, 0.4) is 0 Å². The van der Waals surface area contributed by atoms with E-state index in [1.807, 2.05) is 25.1 Å². The van der Waals surface area contributed by atoms with Crippen LogP contribution in [0.5, 0.6) is 5.75 Å². The van der Waals surface area contributed by atoms with Gasteiger partial charge in [-0.25, -0.2) is 0 Å². The van der Waals surface area contributed by atoms with Gasteiger partial charge in [0.05, 0.1) is 12.2 Å². The van der Waals surface area contributed by atoms with E-state index in [0.717, 1.165) is 15.8 Å². The molecule has 3 N–H and O–H groups in total. The molecule has 0 aliphatic carbocycles. The van der Waals surface area contributed by atoms with Crippen molar-refractivity contribution in [3.8, 4) is 5.75 Å². The smallest absolute Gasteiger partial charge is 0.224 e. The van der Waals surface area contributed by atoms with E-state index < -0.39 is 0 Å². The lowest BCUT2D eigenvalue weighted by Gasteiger charge is -2.05. The van der Waals surface area contributed by atoms with Gasteiger partial charge in [-0.1, -0.05) is 22.0 Å². The molecule has 0 unspecified atom stereocenters. The topological polar surface area (TPSA) is 47.3 Å². The predicted octanol–water partition coefficient (Wildman–Crippen LogP) is 0.912. The van der Waals surface area contributed by atoms with Crippen molar-refractivity contribution >= 4 is 39.5 Å². The van der Waals surface area contributed by atoms with Crippen molar-refractivity contribution in [2.45, 2.75) is 6.92 Å². The summed E-state index contributed by atoms with van der Waals surface area (Å²) in [5, 5.41) is 6.38. The summed E-state index contributed by atoms with van der Waals surface area (Å²) in [7, 11) is 0. The molecule has 1 rings (SSSR count). The van der Waals surface area contributed by atoms with Crippen LogP contribution >= 0.6 is 28.1 Å². The van der Waals surface area contributed by atoms with E-state index in [1.54, 1.807) is 12.3 Å². The first kappa shape index (κ1) is 15.7. The molecule has 0 bridgehead atoms. The van der Waals surface area contributed by atoms with Gasteiger partial charge in [0.1, 0.15) is 5.75 Å². The fourth-order valence-corrected chi connectivity index (χ4v) is 1.83. The van der Waals surface area contributed by atoms with Crippen LogP contribution in [0.2, 0.25) is 0 Å². The first-order chi connectivity index (χ1) is 9.17. The van der Waals surface area contributed by atoms with Crippen LogP contribution in [0.15, 0.2) is 35.3 Å². The lowest BCUT2D eigenvalue weighted by atomic mass is 10.2. The summed E-state index contributed by atoms with van der Waals surface area (Å²) < 4.78 is 6.52. The van der Waals surface area contributed by atoms with E-state index in [0.29, 0.717) is 18.3 Å². The minimum Gasteiger partial charge on any atom is -0.493 e. The van der Waals surface area contributed by atoms with Crippen LogP contribution in [0.25, 0.3) is 0 Å². The monoisotopic (exact) mass is 342 g/mol. The van der Waals surface area contributed by atoms with Crippen molar-refractivity contribution in [2.24, 2.45) is 0 Å². The second-order valence-electron chi connectivity index (χ2n) is 3.53. The van der Waals surface area contributed by atoms with E-state index in [9.17, 15) is 0 Å². The van der Waals surface area contributed by atoms with Crippen molar-refractivity contribution in [2.75, 3.05) is 13.2 Å². The van der Waals surface area contributed by atoms with E-state index >= 15 is 0 Å². The number of hydrogen-bond acceptors (Lipinski definition) is 2. The largest absolute Gasteiger partial charge is 0.493 e. The van der Waals surface area contributed by atoms with Crippen LogP contribution in [0.4, 0.5) is 0 Å². The zero-order chi connectivity index (χ0) is 14.1. The molecule has 4 nitrogen and oxygen atoms in total. The standard InChI is InChI=1S/C13H16BrN3OS/c1-3-7-15-13(19)17-16-9-10-8-11(14)5-6-12(10)18-4-2/h3,5-6,8-9H,1,4,7H2,2H3,(H2,15,17,19)/p+1. The number of benzene rings is 1. The number of nitrogens with one attached hydrogen (secondary N) is 3. The number of halogens is 1. The van der Waals surface area contributed by atoms with Gasteiger partial charge in [-0.3, -0.25) is 0 Å². The Balaban J connectivity index is 2.66. The quantitative estimate of drug-likeness (QED) is 0.311. The molecule has 0 saturated carbocycles. The second-order valence-corrected chi connectivity index (χ2v) is 4.85. The van der Waals surface area contributed by atoms with Gasteiger partial charge in [0.15, 0.2) is 0 Å². The third-order valence-electron chi connectivity index (χ3n) is 2.09. The molecule has 0 aromatic heterocycles. The predicted molar refractivity (Wildman–Crippen MR) is 85.4 cm³/mol. The fourth-order valence-electron chi connectivity index (χ4n) is 1.31. The van der Waals surface area contributed by atoms with Gasteiger partial charge in [-0.05, 0) is 37.3 Å². The molecular formula is C13H17BrN3OS+. The molecule has 0 aliphatic heterocycles. The maximum Gasteiger partial charge on any atom is 0.224 e. The van der Waals surface area contributed by atoms with Gasteiger partial charge in [0.2, 0.25) is 11.3 Å². The molecule has 0 radical (unpaired) electrons. The van der Waals surface area contributed by atoms with Crippen LogP contribution in [0, 0.1) is 0 Å². The average molecular weight is 343 g/mol. The van der Waals surface area contributed by atoms with Crippen molar-refractivity contribution in [3.63, 3.8) is 0 Å². The Morgan fingerprint density at radius 1 is 1.58 bits per heavy atom. The second kappa shape index (κ2) is 8.66. The van der Waals surface area contributed by atoms with Gasteiger partial charge in [-0.15, -0.1) is 17.1 Å². The van der Waals surface area contributed by atoms with Crippen LogP contribution < -0.4 is 20.6 Å². The highest BCUT2D eigenvalue weighted by Gasteiger charge is 2.04. The number of hydrazine groups is 1. The van der Waals surface area contributed by atoms with Gasteiger partial charge >= 0.3 is 0 Å². The average Bonchev–Trinajstić information content (AvgIpc) is 2.39. The summed E-state index contributed by atoms with van der Waals surface area (Å²) in [5.74, 6) is 0.810. The van der Waals surface area contributed by atoms with E-state index in [1.165, 1.54) is 0 Å². The molecule has 0 aliphatic rings. The summed E-state index contributed by atoms with van der Waals surface area (Å²) in [5.41, 5.74) is 3.78. The van der Waals surface area contributed by atoms with Crippen LogP contribution in [0.1, 0.15) is 12.5 Å². The SMILES string of the molecule is C=CCNC(=S)N[NH+]=Cc1cc(Br)ccc1OCC. The minimum absolute atomic E-state index is 0.504. The Labute approximate surface area is 127 Å². The molecule has 0 atom stereocenters. The Bertz CT molecular complexity index is 477. The van der Waals surface area contributed by atoms with Crippen molar-refractivity contribution in [1.29, 1.82) is 0 Å². The van der Waals surface area contributed by atoms with E-state index in [4.69, 9.17) is 17.0 Å². The summed E-state index contributed by atoms with van der Waals surface area (Å²) in [6, 6.07) is 5.81. The Kier molecular flexibility index (Phi) is 7.14. The molecule has 6 heteroatoms. The van der Waals surface area contributed by atoms with Crippen molar-refractivity contribution < 1.29 is 9.84 Å². The maximum absolute atomic E-state index is 5.53. The third-order valence-corrected chi connectivity index (χ3v) is 2.83. The van der Waals surface area contributed by atoms with Gasteiger partial charge in [-0.2, -0.15) is 0 Å².